The normalized spacial score (nSPS) is 12.4. The van der Waals surface area contributed by atoms with Crippen molar-refractivity contribution in [1.29, 1.82) is 0 Å². The quantitative estimate of drug-likeness (QED) is 0.401. The Hall–Kier alpha value is -0.790. The molecule has 22 heavy (non-hydrogen) atoms. The molecule has 0 saturated heterocycles. The first-order valence-corrected chi connectivity index (χ1v) is 8.22. The van der Waals surface area contributed by atoms with Gasteiger partial charge in [-0.25, -0.2) is 0 Å². The van der Waals surface area contributed by atoms with E-state index in [2.05, 4.69) is 39.4 Å². The molecular weight excluding hydrogens is 429 g/mol. The van der Waals surface area contributed by atoms with Crippen molar-refractivity contribution in [2.24, 2.45) is 4.99 Å². The Balaban J connectivity index is 0.00000242. The highest BCUT2D eigenvalue weighted by molar-refractivity contribution is 14.0. The zero-order valence-electron chi connectivity index (χ0n) is 12.7. The van der Waals surface area contributed by atoms with Crippen LogP contribution in [0.4, 0.5) is 0 Å². The zero-order valence-corrected chi connectivity index (χ0v) is 16.6. The van der Waals surface area contributed by atoms with Crippen molar-refractivity contribution in [1.82, 2.24) is 10.6 Å². The summed E-state index contributed by atoms with van der Waals surface area (Å²) in [5.41, 5.74) is 2.54. The van der Waals surface area contributed by atoms with E-state index in [1.807, 2.05) is 24.3 Å². The van der Waals surface area contributed by atoms with Gasteiger partial charge in [0.2, 0.25) is 0 Å². The first kappa shape index (κ1) is 19.3. The van der Waals surface area contributed by atoms with Gasteiger partial charge in [0.15, 0.2) is 5.96 Å². The van der Waals surface area contributed by atoms with Gasteiger partial charge in [0.25, 0.3) is 0 Å². The molecule has 1 atom stereocenters. The molecule has 0 aliphatic heterocycles. The second kappa shape index (κ2) is 10.1. The summed E-state index contributed by atoms with van der Waals surface area (Å²) in [6, 6.07) is 9.98. The van der Waals surface area contributed by atoms with E-state index in [-0.39, 0.29) is 24.0 Å². The predicted molar refractivity (Wildman–Crippen MR) is 108 cm³/mol. The smallest absolute Gasteiger partial charge is 0.191 e. The fraction of sp³-hybridized carbons (Fsp3) is 0.312. The summed E-state index contributed by atoms with van der Waals surface area (Å²) in [5.74, 6) is 1.28. The Morgan fingerprint density at radius 1 is 1.23 bits per heavy atom. The van der Waals surface area contributed by atoms with Crippen LogP contribution in [-0.2, 0) is 6.54 Å². The minimum atomic E-state index is 0. The average Bonchev–Trinajstić information content (AvgIpc) is 3.03. The number of rotatable bonds is 5. The molecular formula is C16H21ClIN3S. The number of benzene rings is 1. The maximum Gasteiger partial charge on any atom is 0.191 e. The van der Waals surface area contributed by atoms with Crippen molar-refractivity contribution < 1.29 is 0 Å². The predicted octanol–water partition coefficient (Wildman–Crippen LogP) is 4.49. The van der Waals surface area contributed by atoms with E-state index >= 15 is 0 Å². The van der Waals surface area contributed by atoms with E-state index in [1.54, 1.807) is 18.4 Å². The molecule has 0 spiro atoms. The molecule has 0 radical (unpaired) electrons. The molecule has 1 heterocycles. The van der Waals surface area contributed by atoms with Crippen LogP contribution in [0.25, 0.3) is 0 Å². The van der Waals surface area contributed by atoms with Gasteiger partial charge in [-0.15, -0.1) is 24.0 Å². The highest BCUT2D eigenvalue weighted by Gasteiger charge is 2.06. The van der Waals surface area contributed by atoms with Crippen molar-refractivity contribution in [3.8, 4) is 0 Å². The largest absolute Gasteiger partial charge is 0.356 e. The number of thiophene rings is 1. The Morgan fingerprint density at radius 3 is 2.55 bits per heavy atom. The average molecular weight is 450 g/mol. The molecule has 2 N–H and O–H groups in total. The molecule has 0 aliphatic carbocycles. The van der Waals surface area contributed by atoms with Crippen LogP contribution in [0, 0.1) is 0 Å². The van der Waals surface area contributed by atoms with Crippen LogP contribution in [-0.4, -0.2) is 19.6 Å². The van der Waals surface area contributed by atoms with Crippen LogP contribution in [0.2, 0.25) is 5.02 Å². The summed E-state index contributed by atoms with van der Waals surface area (Å²) in [6.07, 6.45) is 0. The third-order valence-corrected chi connectivity index (χ3v) is 4.24. The lowest BCUT2D eigenvalue weighted by Gasteiger charge is -2.15. The molecule has 0 fully saturated rings. The molecule has 1 aromatic heterocycles. The van der Waals surface area contributed by atoms with E-state index in [0.717, 1.165) is 24.1 Å². The lowest BCUT2D eigenvalue weighted by Crippen LogP contribution is -2.38. The maximum absolute atomic E-state index is 5.88. The number of hydrogen-bond donors (Lipinski definition) is 2. The Morgan fingerprint density at radius 2 is 1.95 bits per heavy atom. The third-order valence-electron chi connectivity index (χ3n) is 3.28. The van der Waals surface area contributed by atoms with Crippen molar-refractivity contribution in [3.05, 3.63) is 57.2 Å². The molecule has 3 nitrogen and oxygen atoms in total. The standard InChI is InChI=1S/C16H20ClN3S.HI/c1-12(14-7-8-21-11-14)9-19-16(18-2)20-10-13-3-5-15(17)6-4-13;/h3-8,11-12H,9-10H2,1-2H3,(H2,18,19,20);1H. The SMILES string of the molecule is CN=C(NCc1ccc(Cl)cc1)NCC(C)c1ccsc1.I. The zero-order chi connectivity index (χ0) is 15.1. The summed E-state index contributed by atoms with van der Waals surface area (Å²) in [7, 11) is 1.78. The summed E-state index contributed by atoms with van der Waals surface area (Å²) in [6.45, 7) is 3.79. The van der Waals surface area contributed by atoms with E-state index in [1.165, 1.54) is 11.1 Å². The highest BCUT2D eigenvalue weighted by atomic mass is 127. The lowest BCUT2D eigenvalue weighted by atomic mass is 10.1. The van der Waals surface area contributed by atoms with Crippen molar-refractivity contribution in [3.63, 3.8) is 0 Å². The molecule has 2 aromatic rings. The van der Waals surface area contributed by atoms with Gasteiger partial charge in [-0.1, -0.05) is 30.7 Å². The van der Waals surface area contributed by atoms with Crippen LogP contribution in [0.5, 0.6) is 0 Å². The van der Waals surface area contributed by atoms with E-state index in [0.29, 0.717) is 5.92 Å². The first-order valence-electron chi connectivity index (χ1n) is 6.90. The maximum atomic E-state index is 5.88. The number of hydrogen-bond acceptors (Lipinski definition) is 2. The summed E-state index contributed by atoms with van der Waals surface area (Å²) in [5, 5.41) is 11.7. The van der Waals surface area contributed by atoms with Gasteiger partial charge < -0.3 is 10.6 Å². The van der Waals surface area contributed by atoms with Crippen LogP contribution in [0.3, 0.4) is 0 Å². The number of halogens is 2. The lowest BCUT2D eigenvalue weighted by molar-refractivity contribution is 0.701. The molecule has 6 heteroatoms. The van der Waals surface area contributed by atoms with Gasteiger partial charge in [-0.05, 0) is 46.0 Å². The topological polar surface area (TPSA) is 36.4 Å². The minimum absolute atomic E-state index is 0. The van der Waals surface area contributed by atoms with Crippen LogP contribution in [0.15, 0.2) is 46.1 Å². The number of nitrogens with one attached hydrogen (secondary N) is 2. The van der Waals surface area contributed by atoms with Crippen molar-refractivity contribution in [2.45, 2.75) is 19.4 Å². The fourth-order valence-corrected chi connectivity index (χ4v) is 2.84. The van der Waals surface area contributed by atoms with E-state index in [4.69, 9.17) is 11.6 Å². The molecule has 0 saturated carbocycles. The van der Waals surface area contributed by atoms with Gasteiger partial charge in [-0.3, -0.25) is 4.99 Å². The van der Waals surface area contributed by atoms with Crippen molar-refractivity contribution >= 4 is 52.9 Å². The van der Waals surface area contributed by atoms with Gasteiger partial charge in [0.1, 0.15) is 0 Å². The second-order valence-electron chi connectivity index (χ2n) is 4.89. The summed E-state index contributed by atoms with van der Waals surface area (Å²) in [4.78, 5) is 4.24. The monoisotopic (exact) mass is 449 g/mol. The highest BCUT2D eigenvalue weighted by Crippen LogP contribution is 2.17. The van der Waals surface area contributed by atoms with Crippen LogP contribution in [0.1, 0.15) is 24.0 Å². The van der Waals surface area contributed by atoms with Gasteiger partial charge >= 0.3 is 0 Å². The van der Waals surface area contributed by atoms with Crippen LogP contribution >= 0.6 is 46.9 Å². The van der Waals surface area contributed by atoms with Crippen LogP contribution < -0.4 is 10.6 Å². The minimum Gasteiger partial charge on any atom is -0.356 e. The fourth-order valence-electron chi connectivity index (χ4n) is 1.93. The Kier molecular flexibility index (Phi) is 8.82. The number of nitrogens with zero attached hydrogens (tertiary/aromatic N) is 1. The number of guanidine groups is 1. The molecule has 0 aliphatic rings. The molecule has 1 aromatic carbocycles. The summed E-state index contributed by atoms with van der Waals surface area (Å²) >= 11 is 7.61. The van der Waals surface area contributed by atoms with Gasteiger partial charge in [0, 0.05) is 25.2 Å². The number of aliphatic imine (C=N–C) groups is 1. The molecule has 0 amide bonds. The van der Waals surface area contributed by atoms with E-state index < -0.39 is 0 Å². The third kappa shape index (κ3) is 6.14. The first-order chi connectivity index (χ1) is 10.2. The van der Waals surface area contributed by atoms with Gasteiger partial charge in [-0.2, -0.15) is 11.3 Å². The second-order valence-corrected chi connectivity index (χ2v) is 6.11. The van der Waals surface area contributed by atoms with E-state index in [9.17, 15) is 0 Å². The molecule has 0 bridgehead atoms. The molecule has 1 unspecified atom stereocenters. The van der Waals surface area contributed by atoms with Crippen molar-refractivity contribution in [2.75, 3.05) is 13.6 Å². The Labute approximate surface area is 158 Å². The molecule has 2 rings (SSSR count). The Bertz CT molecular complexity index is 570. The van der Waals surface area contributed by atoms with Gasteiger partial charge in [0.05, 0.1) is 0 Å². The molecule has 120 valence electrons. The summed E-state index contributed by atoms with van der Waals surface area (Å²) < 4.78 is 0.